The van der Waals surface area contributed by atoms with Gasteiger partial charge in [-0.25, -0.2) is 24.7 Å². The highest BCUT2D eigenvalue weighted by Gasteiger charge is 2.17. The van der Waals surface area contributed by atoms with Crippen molar-refractivity contribution in [2.45, 2.75) is 13.0 Å². The number of carbonyl (C=O) groups is 1. The van der Waals surface area contributed by atoms with Gasteiger partial charge in [0.15, 0.2) is 18.1 Å². The fourth-order valence-corrected chi connectivity index (χ4v) is 3.12. The Bertz CT molecular complexity index is 1180. The number of benzene rings is 1. The average Bonchev–Trinajstić information content (AvgIpc) is 3.16. The zero-order valence-electron chi connectivity index (χ0n) is 14.7. The summed E-state index contributed by atoms with van der Waals surface area (Å²) in [6.07, 6.45) is 2.98. The van der Waals surface area contributed by atoms with Gasteiger partial charge in [-0.15, -0.1) is 0 Å². The fourth-order valence-electron chi connectivity index (χ4n) is 2.86. The molecule has 0 saturated heterocycles. The third kappa shape index (κ3) is 3.39. The third-order valence-electron chi connectivity index (χ3n) is 4.14. The number of nitrogens with zero attached hydrogens (tertiary/aromatic N) is 4. The largest absolute Gasteiger partial charge is 0.479 e. The van der Waals surface area contributed by atoms with Gasteiger partial charge in [-0.2, -0.15) is 0 Å². The lowest BCUT2D eigenvalue weighted by Gasteiger charge is -2.17. The lowest BCUT2D eigenvalue weighted by molar-refractivity contribution is -0.139. The Morgan fingerprint density at radius 3 is 3.04 bits per heavy atom. The van der Waals surface area contributed by atoms with Gasteiger partial charge in [0, 0.05) is 0 Å². The summed E-state index contributed by atoms with van der Waals surface area (Å²) in [4.78, 5) is 30.9. The number of aromatic amines is 1. The highest BCUT2D eigenvalue weighted by Crippen LogP contribution is 2.33. The van der Waals surface area contributed by atoms with Crippen molar-refractivity contribution in [1.82, 2.24) is 24.9 Å². The SMILES string of the molecule is C[C@H](Nc1ncnc2[nH]cnc12)c1cc2cccc(Cl)c2c(OCC(=O)O)n1. The molecule has 0 aliphatic carbocycles. The maximum absolute atomic E-state index is 10.9. The number of aliphatic carboxylic acids is 1. The van der Waals surface area contributed by atoms with Crippen molar-refractivity contribution in [3.63, 3.8) is 0 Å². The molecule has 0 bridgehead atoms. The number of fused-ring (bicyclic) bond motifs is 2. The number of carboxylic acids is 1. The summed E-state index contributed by atoms with van der Waals surface area (Å²) < 4.78 is 5.39. The Balaban J connectivity index is 1.73. The van der Waals surface area contributed by atoms with E-state index in [0.29, 0.717) is 33.1 Å². The molecule has 0 fully saturated rings. The van der Waals surface area contributed by atoms with E-state index < -0.39 is 12.6 Å². The van der Waals surface area contributed by atoms with E-state index in [1.165, 1.54) is 6.33 Å². The molecular formula is C18H15ClN6O3. The predicted octanol–water partition coefficient (Wildman–Crippen LogP) is 3.19. The molecule has 4 rings (SSSR count). The second-order valence-corrected chi connectivity index (χ2v) is 6.47. The first-order valence-corrected chi connectivity index (χ1v) is 8.75. The van der Waals surface area contributed by atoms with Crippen LogP contribution in [0.15, 0.2) is 36.9 Å². The van der Waals surface area contributed by atoms with Crippen LogP contribution in [0, 0.1) is 0 Å². The van der Waals surface area contributed by atoms with Crippen LogP contribution in [0.2, 0.25) is 5.02 Å². The van der Waals surface area contributed by atoms with E-state index in [1.807, 2.05) is 25.1 Å². The summed E-state index contributed by atoms with van der Waals surface area (Å²) in [5.41, 5.74) is 1.87. The number of hydrogen-bond acceptors (Lipinski definition) is 7. The summed E-state index contributed by atoms with van der Waals surface area (Å²) in [5.74, 6) is -0.373. The summed E-state index contributed by atoms with van der Waals surface area (Å²) in [5, 5.41) is 14.0. The first-order valence-electron chi connectivity index (χ1n) is 8.37. The normalized spacial score (nSPS) is 12.2. The number of pyridine rings is 1. The van der Waals surface area contributed by atoms with E-state index in [0.717, 1.165) is 5.39 Å². The van der Waals surface area contributed by atoms with Crippen LogP contribution < -0.4 is 10.1 Å². The summed E-state index contributed by atoms with van der Waals surface area (Å²) in [7, 11) is 0. The van der Waals surface area contributed by atoms with Gasteiger partial charge in [0.05, 0.1) is 28.5 Å². The monoisotopic (exact) mass is 398 g/mol. The van der Waals surface area contributed by atoms with Gasteiger partial charge in [0.25, 0.3) is 0 Å². The quantitative estimate of drug-likeness (QED) is 0.452. The molecule has 0 aliphatic rings. The maximum atomic E-state index is 10.9. The number of aromatic nitrogens is 5. The number of H-pyrrole nitrogens is 1. The van der Waals surface area contributed by atoms with Gasteiger partial charge in [-0.1, -0.05) is 23.7 Å². The molecule has 1 aromatic carbocycles. The Labute approximate surface area is 163 Å². The molecule has 1 atom stereocenters. The van der Waals surface area contributed by atoms with Crippen molar-refractivity contribution in [2.24, 2.45) is 0 Å². The Morgan fingerprint density at radius 2 is 2.21 bits per heavy atom. The van der Waals surface area contributed by atoms with Crippen LogP contribution in [-0.2, 0) is 4.79 Å². The number of nitrogens with one attached hydrogen (secondary N) is 2. The van der Waals surface area contributed by atoms with E-state index >= 15 is 0 Å². The zero-order valence-corrected chi connectivity index (χ0v) is 15.4. The minimum absolute atomic E-state index is 0.168. The molecule has 3 heterocycles. The molecule has 3 aromatic heterocycles. The molecule has 4 aromatic rings. The molecule has 9 nitrogen and oxygen atoms in total. The van der Waals surface area contributed by atoms with Crippen LogP contribution in [-0.4, -0.2) is 42.6 Å². The molecule has 3 N–H and O–H groups in total. The number of hydrogen-bond donors (Lipinski definition) is 3. The van der Waals surface area contributed by atoms with Crippen LogP contribution in [0.5, 0.6) is 5.88 Å². The lowest BCUT2D eigenvalue weighted by Crippen LogP contribution is -2.14. The van der Waals surface area contributed by atoms with Gasteiger partial charge in [-0.05, 0) is 24.4 Å². The molecule has 10 heteroatoms. The second-order valence-electron chi connectivity index (χ2n) is 6.06. The maximum Gasteiger partial charge on any atom is 0.341 e. The van der Waals surface area contributed by atoms with E-state index in [-0.39, 0.29) is 11.9 Å². The van der Waals surface area contributed by atoms with Crippen LogP contribution in [0.4, 0.5) is 5.82 Å². The summed E-state index contributed by atoms with van der Waals surface area (Å²) in [6.45, 7) is 1.39. The van der Waals surface area contributed by atoms with Gasteiger partial charge in [-0.3, -0.25) is 0 Å². The van der Waals surface area contributed by atoms with Crippen molar-refractivity contribution in [1.29, 1.82) is 0 Å². The number of imidazole rings is 1. The van der Waals surface area contributed by atoms with Crippen molar-refractivity contribution in [3.05, 3.63) is 47.6 Å². The molecule has 0 saturated carbocycles. The van der Waals surface area contributed by atoms with Gasteiger partial charge < -0.3 is 20.1 Å². The van der Waals surface area contributed by atoms with E-state index in [2.05, 4.69) is 30.2 Å². The van der Waals surface area contributed by atoms with Gasteiger partial charge >= 0.3 is 5.97 Å². The van der Waals surface area contributed by atoms with Crippen LogP contribution in [0.1, 0.15) is 18.7 Å². The third-order valence-corrected chi connectivity index (χ3v) is 4.46. The standard InChI is InChI=1S/C18H15ClN6O3/c1-9(24-17-15-16(21-7-20-15)22-8-23-17)12-5-10-3-2-4-11(19)14(10)18(25-12)28-6-13(26)27/h2-5,7-9H,6H2,1H3,(H,26,27)(H2,20,21,22,23,24)/t9-/m0/s1. The Hall–Kier alpha value is -3.46. The van der Waals surface area contributed by atoms with Crippen LogP contribution in [0.3, 0.4) is 0 Å². The molecule has 0 spiro atoms. The number of rotatable bonds is 6. The molecular weight excluding hydrogens is 384 g/mol. The minimum atomic E-state index is -1.10. The van der Waals surface area contributed by atoms with Crippen molar-refractivity contribution < 1.29 is 14.6 Å². The van der Waals surface area contributed by atoms with E-state index in [4.69, 9.17) is 21.4 Å². The first-order chi connectivity index (χ1) is 13.5. The molecule has 0 amide bonds. The summed E-state index contributed by atoms with van der Waals surface area (Å²) >= 11 is 6.28. The molecule has 0 aliphatic heterocycles. The van der Waals surface area contributed by atoms with Crippen molar-refractivity contribution >= 4 is 45.3 Å². The Morgan fingerprint density at radius 1 is 1.36 bits per heavy atom. The second kappa shape index (κ2) is 7.28. The molecule has 0 radical (unpaired) electrons. The average molecular weight is 399 g/mol. The summed E-state index contributed by atoms with van der Waals surface area (Å²) in [6, 6.07) is 6.98. The van der Waals surface area contributed by atoms with Crippen LogP contribution >= 0.6 is 11.6 Å². The lowest BCUT2D eigenvalue weighted by atomic mass is 10.1. The number of ether oxygens (including phenoxy) is 1. The smallest absolute Gasteiger partial charge is 0.341 e. The Kier molecular flexibility index (Phi) is 4.66. The molecule has 0 unspecified atom stereocenters. The first kappa shape index (κ1) is 17.9. The number of anilines is 1. The minimum Gasteiger partial charge on any atom is -0.479 e. The van der Waals surface area contributed by atoms with Crippen LogP contribution in [0.25, 0.3) is 21.9 Å². The zero-order chi connectivity index (χ0) is 19.7. The van der Waals surface area contributed by atoms with Gasteiger partial charge in [0.2, 0.25) is 5.88 Å². The number of carboxylic acid groups (broad SMARTS) is 1. The predicted molar refractivity (Wildman–Crippen MR) is 104 cm³/mol. The highest BCUT2D eigenvalue weighted by molar-refractivity contribution is 6.36. The topological polar surface area (TPSA) is 126 Å². The molecule has 28 heavy (non-hydrogen) atoms. The number of halogens is 1. The van der Waals surface area contributed by atoms with Crippen molar-refractivity contribution in [2.75, 3.05) is 11.9 Å². The fraction of sp³-hybridized carbons (Fsp3) is 0.167. The van der Waals surface area contributed by atoms with E-state index in [1.54, 1.807) is 12.4 Å². The highest BCUT2D eigenvalue weighted by atomic mass is 35.5. The molecule has 142 valence electrons. The van der Waals surface area contributed by atoms with E-state index in [9.17, 15) is 4.79 Å². The van der Waals surface area contributed by atoms with Crippen molar-refractivity contribution in [3.8, 4) is 5.88 Å². The van der Waals surface area contributed by atoms with Gasteiger partial charge in [0.1, 0.15) is 11.8 Å².